The van der Waals surface area contributed by atoms with Gasteiger partial charge in [-0.1, -0.05) is 6.92 Å². The SMILES string of the molecule is CCCOc1ccc(OCC(=O)Nc2ccc3nc[nH]c(=O)c3c2)cc1. The number of anilines is 1. The number of nitrogens with zero attached hydrogens (tertiary/aromatic N) is 1. The van der Waals surface area contributed by atoms with Gasteiger partial charge < -0.3 is 19.8 Å². The van der Waals surface area contributed by atoms with Crippen molar-refractivity contribution in [2.45, 2.75) is 13.3 Å². The second-order valence-corrected chi connectivity index (χ2v) is 5.62. The molecule has 0 aliphatic rings. The van der Waals surface area contributed by atoms with Gasteiger partial charge in [-0.25, -0.2) is 4.98 Å². The summed E-state index contributed by atoms with van der Waals surface area (Å²) in [6, 6.07) is 12.0. The smallest absolute Gasteiger partial charge is 0.262 e. The lowest BCUT2D eigenvalue weighted by Gasteiger charge is -2.09. The summed E-state index contributed by atoms with van der Waals surface area (Å²) in [7, 11) is 0. The van der Waals surface area contributed by atoms with E-state index in [0.29, 0.717) is 28.9 Å². The molecule has 0 spiro atoms. The second kappa shape index (κ2) is 8.15. The molecule has 3 aromatic rings. The van der Waals surface area contributed by atoms with Gasteiger partial charge in [0.05, 0.1) is 23.8 Å². The van der Waals surface area contributed by atoms with Crippen molar-refractivity contribution in [3.63, 3.8) is 0 Å². The van der Waals surface area contributed by atoms with Crippen LogP contribution in [0.5, 0.6) is 11.5 Å². The summed E-state index contributed by atoms with van der Waals surface area (Å²) in [5.74, 6) is 1.01. The van der Waals surface area contributed by atoms with E-state index in [1.165, 1.54) is 6.33 Å². The minimum atomic E-state index is -0.323. The number of ether oxygens (including phenoxy) is 2. The molecule has 0 saturated heterocycles. The van der Waals surface area contributed by atoms with E-state index in [9.17, 15) is 9.59 Å². The van der Waals surface area contributed by atoms with Gasteiger partial charge >= 0.3 is 0 Å². The van der Waals surface area contributed by atoms with Crippen molar-refractivity contribution in [1.29, 1.82) is 0 Å². The summed E-state index contributed by atoms with van der Waals surface area (Å²) in [6.07, 6.45) is 2.28. The van der Waals surface area contributed by atoms with Gasteiger partial charge in [0.2, 0.25) is 0 Å². The standard InChI is InChI=1S/C19H19N3O4/c1-2-9-25-14-4-6-15(7-5-14)26-11-18(23)22-13-3-8-17-16(10-13)19(24)21-12-20-17/h3-8,10,12H,2,9,11H2,1H3,(H,22,23)(H,20,21,24). The molecule has 7 heteroatoms. The number of rotatable bonds is 7. The molecule has 2 N–H and O–H groups in total. The summed E-state index contributed by atoms with van der Waals surface area (Å²) in [5, 5.41) is 3.11. The molecular weight excluding hydrogens is 334 g/mol. The number of fused-ring (bicyclic) bond motifs is 1. The van der Waals surface area contributed by atoms with E-state index in [1.54, 1.807) is 42.5 Å². The lowest BCUT2D eigenvalue weighted by molar-refractivity contribution is -0.118. The molecule has 0 aliphatic heterocycles. The maximum Gasteiger partial charge on any atom is 0.262 e. The van der Waals surface area contributed by atoms with Crippen LogP contribution < -0.4 is 20.3 Å². The molecule has 0 radical (unpaired) electrons. The van der Waals surface area contributed by atoms with E-state index >= 15 is 0 Å². The molecule has 7 nitrogen and oxygen atoms in total. The predicted molar refractivity (Wildman–Crippen MR) is 98.7 cm³/mol. The summed E-state index contributed by atoms with van der Waals surface area (Å²) in [6.45, 7) is 2.56. The van der Waals surface area contributed by atoms with Crippen LogP contribution in [0, 0.1) is 0 Å². The molecule has 1 aromatic heterocycles. The first-order valence-corrected chi connectivity index (χ1v) is 8.28. The topological polar surface area (TPSA) is 93.3 Å². The Hall–Kier alpha value is -3.35. The molecule has 134 valence electrons. The normalized spacial score (nSPS) is 10.5. The quantitative estimate of drug-likeness (QED) is 0.681. The Balaban J connectivity index is 1.57. The number of nitrogens with one attached hydrogen (secondary N) is 2. The lowest BCUT2D eigenvalue weighted by Crippen LogP contribution is -2.20. The number of H-pyrrole nitrogens is 1. The minimum absolute atomic E-state index is 0.142. The van der Waals surface area contributed by atoms with E-state index in [0.717, 1.165) is 12.2 Å². The van der Waals surface area contributed by atoms with Gasteiger partial charge in [-0.3, -0.25) is 9.59 Å². The fourth-order valence-electron chi connectivity index (χ4n) is 2.34. The van der Waals surface area contributed by atoms with Crippen LogP contribution in [0.25, 0.3) is 10.9 Å². The molecule has 0 fully saturated rings. The zero-order chi connectivity index (χ0) is 18.4. The number of carbonyl (C=O) groups excluding carboxylic acids is 1. The Morgan fingerprint density at radius 1 is 1.12 bits per heavy atom. The lowest BCUT2D eigenvalue weighted by atomic mass is 10.2. The van der Waals surface area contributed by atoms with Gasteiger partial charge in [0.25, 0.3) is 11.5 Å². The van der Waals surface area contributed by atoms with Crippen molar-refractivity contribution in [2.75, 3.05) is 18.5 Å². The molecule has 3 rings (SSSR count). The number of hydrogen-bond acceptors (Lipinski definition) is 5. The Labute approximate surface area is 150 Å². The number of carbonyl (C=O) groups is 1. The maximum absolute atomic E-state index is 12.1. The second-order valence-electron chi connectivity index (χ2n) is 5.62. The van der Waals surface area contributed by atoms with Crippen molar-refractivity contribution in [3.05, 3.63) is 59.1 Å². The van der Waals surface area contributed by atoms with E-state index < -0.39 is 0 Å². The van der Waals surface area contributed by atoms with Crippen LogP contribution in [-0.4, -0.2) is 29.1 Å². The van der Waals surface area contributed by atoms with Gasteiger partial charge in [-0.15, -0.1) is 0 Å². The first-order chi connectivity index (χ1) is 12.7. The third-order valence-corrected chi connectivity index (χ3v) is 3.59. The molecule has 0 atom stereocenters. The fraction of sp³-hybridized carbons (Fsp3) is 0.211. The summed E-state index contributed by atoms with van der Waals surface area (Å²) >= 11 is 0. The van der Waals surface area contributed by atoms with Gasteiger partial charge in [0, 0.05) is 5.69 Å². The van der Waals surface area contributed by atoms with Crippen molar-refractivity contribution < 1.29 is 14.3 Å². The van der Waals surface area contributed by atoms with Crippen LogP contribution in [0.15, 0.2) is 53.6 Å². The monoisotopic (exact) mass is 353 g/mol. The largest absolute Gasteiger partial charge is 0.494 e. The van der Waals surface area contributed by atoms with E-state index in [4.69, 9.17) is 9.47 Å². The van der Waals surface area contributed by atoms with Gasteiger partial charge in [0.1, 0.15) is 11.5 Å². The Morgan fingerprint density at radius 3 is 2.58 bits per heavy atom. The first-order valence-electron chi connectivity index (χ1n) is 8.28. The van der Waals surface area contributed by atoms with Crippen molar-refractivity contribution in [3.8, 4) is 11.5 Å². The number of aromatic amines is 1. The zero-order valence-electron chi connectivity index (χ0n) is 14.3. The molecule has 1 heterocycles. The number of aromatic nitrogens is 2. The maximum atomic E-state index is 12.1. The van der Waals surface area contributed by atoms with E-state index in [-0.39, 0.29) is 18.1 Å². The van der Waals surface area contributed by atoms with Crippen molar-refractivity contribution in [2.24, 2.45) is 0 Å². The Bertz CT molecular complexity index is 951. The molecule has 2 aromatic carbocycles. The van der Waals surface area contributed by atoms with Gasteiger partial charge in [-0.2, -0.15) is 0 Å². The average molecular weight is 353 g/mol. The molecule has 26 heavy (non-hydrogen) atoms. The zero-order valence-corrected chi connectivity index (χ0v) is 14.3. The minimum Gasteiger partial charge on any atom is -0.494 e. The Kier molecular flexibility index (Phi) is 5.48. The van der Waals surface area contributed by atoms with E-state index in [1.807, 2.05) is 6.92 Å². The van der Waals surface area contributed by atoms with Crippen molar-refractivity contribution >= 4 is 22.5 Å². The molecule has 0 aliphatic carbocycles. The van der Waals surface area contributed by atoms with Gasteiger partial charge in [0.15, 0.2) is 6.61 Å². The number of hydrogen-bond donors (Lipinski definition) is 2. The summed E-state index contributed by atoms with van der Waals surface area (Å²) in [5.41, 5.74) is 0.814. The molecule has 0 saturated carbocycles. The number of benzene rings is 2. The highest BCUT2D eigenvalue weighted by atomic mass is 16.5. The van der Waals surface area contributed by atoms with Crippen LogP contribution in [0.1, 0.15) is 13.3 Å². The predicted octanol–water partition coefficient (Wildman–Crippen LogP) is 2.73. The summed E-state index contributed by atoms with van der Waals surface area (Å²) in [4.78, 5) is 30.4. The average Bonchev–Trinajstić information content (AvgIpc) is 2.66. The third kappa shape index (κ3) is 4.38. The third-order valence-electron chi connectivity index (χ3n) is 3.59. The molecule has 0 unspecified atom stereocenters. The number of amides is 1. The van der Waals surface area contributed by atoms with E-state index in [2.05, 4.69) is 15.3 Å². The van der Waals surface area contributed by atoms with Crippen LogP contribution in [0.2, 0.25) is 0 Å². The first kappa shape index (κ1) is 17.5. The highest BCUT2D eigenvalue weighted by Gasteiger charge is 2.06. The fourth-order valence-corrected chi connectivity index (χ4v) is 2.34. The summed E-state index contributed by atoms with van der Waals surface area (Å²) < 4.78 is 11.0. The Morgan fingerprint density at radius 2 is 1.85 bits per heavy atom. The van der Waals surface area contributed by atoms with Crippen LogP contribution in [0.4, 0.5) is 5.69 Å². The highest BCUT2D eigenvalue weighted by molar-refractivity contribution is 5.94. The van der Waals surface area contributed by atoms with Gasteiger partial charge in [-0.05, 0) is 48.9 Å². The van der Waals surface area contributed by atoms with Crippen LogP contribution >= 0.6 is 0 Å². The van der Waals surface area contributed by atoms with Crippen LogP contribution in [-0.2, 0) is 4.79 Å². The van der Waals surface area contributed by atoms with Crippen molar-refractivity contribution in [1.82, 2.24) is 9.97 Å². The molecule has 1 amide bonds. The van der Waals surface area contributed by atoms with Crippen LogP contribution in [0.3, 0.4) is 0 Å². The molecule has 0 bridgehead atoms. The molecular formula is C19H19N3O4. The highest BCUT2D eigenvalue weighted by Crippen LogP contribution is 2.18.